The third-order valence-electron chi connectivity index (χ3n) is 4.46. The highest BCUT2D eigenvalue weighted by Crippen LogP contribution is 2.33. The molecule has 1 aromatic heterocycles. The molecule has 1 nitrogen and oxygen atoms in total. The molecule has 0 spiro atoms. The van der Waals surface area contributed by atoms with Gasteiger partial charge in [-0.2, -0.15) is 0 Å². The van der Waals surface area contributed by atoms with E-state index in [0.29, 0.717) is 0 Å². The Kier molecular flexibility index (Phi) is 3.05. The van der Waals surface area contributed by atoms with Gasteiger partial charge in [-0.1, -0.05) is 75.4 Å². The molecule has 1 heteroatoms. The zero-order chi connectivity index (χ0) is 16.0. The molecule has 0 bridgehead atoms. The van der Waals surface area contributed by atoms with Gasteiger partial charge in [-0.3, -0.25) is 0 Å². The smallest absolute Gasteiger partial charge is 0.135 e. The number of rotatable bonds is 1. The molecule has 0 atom stereocenters. The molecule has 114 valence electrons. The summed E-state index contributed by atoms with van der Waals surface area (Å²) in [5, 5.41) is 3.67. The van der Waals surface area contributed by atoms with Crippen molar-refractivity contribution in [3.8, 4) is 11.3 Å². The van der Waals surface area contributed by atoms with Gasteiger partial charge in [0.15, 0.2) is 0 Å². The summed E-state index contributed by atoms with van der Waals surface area (Å²) in [7, 11) is 0. The van der Waals surface area contributed by atoms with Gasteiger partial charge in [0.1, 0.15) is 11.3 Å². The molecule has 0 saturated carbocycles. The molecule has 0 amide bonds. The lowest BCUT2D eigenvalue weighted by Gasteiger charge is -2.18. The lowest BCUT2D eigenvalue weighted by atomic mass is 9.86. The van der Waals surface area contributed by atoms with E-state index in [0.717, 1.165) is 16.9 Å². The maximum Gasteiger partial charge on any atom is 0.135 e. The molecule has 0 fully saturated rings. The summed E-state index contributed by atoms with van der Waals surface area (Å²) in [6, 6.07) is 23.5. The van der Waals surface area contributed by atoms with E-state index in [-0.39, 0.29) is 5.41 Å². The SMILES string of the molecule is CC(C)(C)c1ccc(-c2cc3c(ccc4ccccc43)o2)cc1. The number of hydrogen-bond acceptors (Lipinski definition) is 1. The Hall–Kier alpha value is -2.54. The van der Waals surface area contributed by atoms with Crippen LogP contribution in [-0.4, -0.2) is 0 Å². The quantitative estimate of drug-likeness (QED) is 0.388. The maximum atomic E-state index is 6.09. The fraction of sp³-hybridized carbons (Fsp3) is 0.182. The first kappa shape index (κ1) is 14.1. The molecule has 23 heavy (non-hydrogen) atoms. The van der Waals surface area contributed by atoms with E-state index >= 15 is 0 Å². The molecule has 0 aliphatic rings. The summed E-state index contributed by atoms with van der Waals surface area (Å²) in [5.74, 6) is 0.928. The van der Waals surface area contributed by atoms with Gasteiger partial charge in [0.25, 0.3) is 0 Å². The molecule has 0 radical (unpaired) electrons. The Morgan fingerprint density at radius 3 is 2.22 bits per heavy atom. The third-order valence-corrected chi connectivity index (χ3v) is 4.46. The fourth-order valence-corrected chi connectivity index (χ4v) is 3.07. The van der Waals surface area contributed by atoms with Crippen molar-refractivity contribution in [1.82, 2.24) is 0 Å². The van der Waals surface area contributed by atoms with Gasteiger partial charge in [0.2, 0.25) is 0 Å². The van der Waals surface area contributed by atoms with Gasteiger partial charge in [-0.05, 0) is 33.9 Å². The summed E-state index contributed by atoms with van der Waals surface area (Å²) in [5.41, 5.74) is 3.57. The topological polar surface area (TPSA) is 13.1 Å². The highest BCUT2D eigenvalue weighted by molar-refractivity contribution is 6.06. The average molecular weight is 300 g/mol. The molecule has 0 unspecified atom stereocenters. The van der Waals surface area contributed by atoms with Crippen LogP contribution >= 0.6 is 0 Å². The molecule has 0 aliphatic heterocycles. The molecule has 0 aliphatic carbocycles. The van der Waals surface area contributed by atoms with Crippen molar-refractivity contribution in [1.29, 1.82) is 0 Å². The Balaban J connectivity index is 1.84. The summed E-state index contributed by atoms with van der Waals surface area (Å²) in [4.78, 5) is 0. The van der Waals surface area contributed by atoms with Gasteiger partial charge in [0.05, 0.1) is 0 Å². The lowest BCUT2D eigenvalue weighted by Crippen LogP contribution is -2.10. The summed E-state index contributed by atoms with van der Waals surface area (Å²) in [6.45, 7) is 6.69. The Morgan fingerprint density at radius 2 is 1.48 bits per heavy atom. The highest BCUT2D eigenvalue weighted by atomic mass is 16.3. The second-order valence-corrected chi connectivity index (χ2v) is 7.14. The molecule has 0 N–H and O–H groups in total. The van der Waals surface area contributed by atoms with Crippen LogP contribution in [-0.2, 0) is 5.41 Å². The summed E-state index contributed by atoms with van der Waals surface area (Å²) < 4.78 is 6.09. The van der Waals surface area contributed by atoms with Crippen molar-refractivity contribution in [3.05, 3.63) is 72.3 Å². The minimum Gasteiger partial charge on any atom is -0.456 e. The van der Waals surface area contributed by atoms with E-state index in [4.69, 9.17) is 4.42 Å². The minimum absolute atomic E-state index is 0.169. The van der Waals surface area contributed by atoms with Crippen molar-refractivity contribution in [2.24, 2.45) is 0 Å². The Morgan fingerprint density at radius 1 is 0.739 bits per heavy atom. The zero-order valence-corrected chi connectivity index (χ0v) is 13.8. The maximum absolute atomic E-state index is 6.09. The molecule has 4 aromatic rings. The zero-order valence-electron chi connectivity index (χ0n) is 13.8. The molecule has 0 saturated heterocycles. The number of furan rings is 1. The molecular weight excluding hydrogens is 280 g/mol. The average Bonchev–Trinajstić information content (AvgIpc) is 2.99. The number of benzene rings is 3. The first-order chi connectivity index (χ1) is 11.0. The molecule has 3 aromatic carbocycles. The van der Waals surface area contributed by atoms with Crippen LogP contribution in [0.5, 0.6) is 0 Å². The highest BCUT2D eigenvalue weighted by Gasteiger charge is 2.14. The number of fused-ring (bicyclic) bond motifs is 3. The van der Waals surface area contributed by atoms with Crippen molar-refractivity contribution < 1.29 is 4.42 Å². The predicted molar refractivity (Wildman–Crippen MR) is 97.9 cm³/mol. The van der Waals surface area contributed by atoms with Gasteiger partial charge in [-0.15, -0.1) is 0 Å². The minimum atomic E-state index is 0.169. The lowest BCUT2D eigenvalue weighted by molar-refractivity contribution is 0.590. The summed E-state index contributed by atoms with van der Waals surface area (Å²) in [6.07, 6.45) is 0. The standard InChI is InChI=1S/C22H20O/c1-22(2,3)17-11-8-16(9-12-17)21-14-19-18-7-5-4-6-15(18)10-13-20(19)23-21/h4-14H,1-3H3. The Bertz CT molecular complexity index is 982. The van der Waals surface area contributed by atoms with E-state index in [2.05, 4.69) is 87.5 Å². The summed E-state index contributed by atoms with van der Waals surface area (Å²) >= 11 is 0. The second kappa shape index (κ2) is 4.99. The molecule has 4 rings (SSSR count). The van der Waals surface area contributed by atoms with E-state index in [1.165, 1.54) is 21.7 Å². The normalized spacial score (nSPS) is 12.1. The van der Waals surface area contributed by atoms with Crippen molar-refractivity contribution >= 4 is 21.7 Å². The second-order valence-electron chi connectivity index (χ2n) is 7.14. The van der Waals surface area contributed by atoms with Crippen LogP contribution in [0.4, 0.5) is 0 Å². The third kappa shape index (κ3) is 2.43. The van der Waals surface area contributed by atoms with Crippen molar-refractivity contribution in [3.63, 3.8) is 0 Å². The van der Waals surface area contributed by atoms with Crippen LogP contribution in [0, 0.1) is 0 Å². The van der Waals surface area contributed by atoms with Crippen LogP contribution in [0.2, 0.25) is 0 Å². The first-order valence-corrected chi connectivity index (χ1v) is 8.04. The molecular formula is C22H20O. The van der Waals surface area contributed by atoms with E-state index in [1.54, 1.807) is 0 Å². The fourth-order valence-electron chi connectivity index (χ4n) is 3.07. The Labute approximate surface area is 136 Å². The van der Waals surface area contributed by atoms with Crippen LogP contribution in [0.25, 0.3) is 33.1 Å². The van der Waals surface area contributed by atoms with Crippen LogP contribution in [0.3, 0.4) is 0 Å². The van der Waals surface area contributed by atoms with Crippen LogP contribution < -0.4 is 0 Å². The molecule has 1 heterocycles. The van der Waals surface area contributed by atoms with Gasteiger partial charge in [0, 0.05) is 10.9 Å². The van der Waals surface area contributed by atoms with E-state index < -0.39 is 0 Å². The van der Waals surface area contributed by atoms with Crippen LogP contribution in [0.15, 0.2) is 71.1 Å². The van der Waals surface area contributed by atoms with Crippen LogP contribution in [0.1, 0.15) is 26.3 Å². The van der Waals surface area contributed by atoms with Gasteiger partial charge < -0.3 is 4.42 Å². The monoisotopic (exact) mass is 300 g/mol. The first-order valence-electron chi connectivity index (χ1n) is 8.04. The predicted octanol–water partition coefficient (Wildman–Crippen LogP) is 6.55. The largest absolute Gasteiger partial charge is 0.456 e. The van der Waals surface area contributed by atoms with Crippen molar-refractivity contribution in [2.75, 3.05) is 0 Å². The van der Waals surface area contributed by atoms with Gasteiger partial charge in [-0.25, -0.2) is 0 Å². The van der Waals surface area contributed by atoms with Crippen molar-refractivity contribution in [2.45, 2.75) is 26.2 Å². The number of hydrogen-bond donors (Lipinski definition) is 0. The van der Waals surface area contributed by atoms with E-state index in [1.807, 2.05) is 0 Å². The van der Waals surface area contributed by atoms with Gasteiger partial charge >= 0.3 is 0 Å². The van der Waals surface area contributed by atoms with E-state index in [9.17, 15) is 0 Å².